The summed E-state index contributed by atoms with van der Waals surface area (Å²) >= 11 is 8.15. The molecule has 0 radical (unpaired) electrons. The Bertz CT molecular complexity index is 3640. The first-order valence-electron chi connectivity index (χ1n) is 36.9. The summed E-state index contributed by atoms with van der Waals surface area (Å²) in [6, 6.07) is 38.1. The van der Waals surface area contributed by atoms with Crippen molar-refractivity contribution in [3.05, 3.63) is 144 Å². The molecule has 0 spiro atoms. The highest BCUT2D eigenvalue weighted by Gasteiger charge is 2.51. The maximum absolute atomic E-state index is 13.4. The smallest absolute Gasteiger partial charge is 0.436 e. The number of hydrogen-bond donors (Lipinski definition) is 5. The Balaban J connectivity index is -0.000000165. The first kappa shape index (κ1) is 131. The number of carbonyl (C=O) groups is 1. The number of carbonyl (C=O) groups excluding carboxylic acids is 1. The van der Waals surface area contributed by atoms with Crippen LogP contribution in [0.15, 0.2) is 121 Å². The number of nitriles is 1. The van der Waals surface area contributed by atoms with Crippen molar-refractivity contribution in [2.45, 2.75) is 244 Å². The molecular formula is C78H148BrCl2N6O22P7Si. The van der Waals surface area contributed by atoms with Crippen molar-refractivity contribution < 1.29 is 101 Å². The third-order valence-corrected chi connectivity index (χ3v) is 32.8. The summed E-state index contributed by atoms with van der Waals surface area (Å²) in [4.78, 5) is 35.1. The number of nitrogens with zero attached hydrogens (tertiary/aromatic N) is 3. The van der Waals surface area contributed by atoms with E-state index in [1.807, 2.05) is 114 Å². The molecule has 0 aliphatic carbocycles. The van der Waals surface area contributed by atoms with Gasteiger partial charge in [0.25, 0.3) is 0 Å². The predicted octanol–water partition coefficient (Wildman–Crippen LogP) is 24.9. The average Bonchev–Trinajstić information content (AvgIpc) is 0.774. The van der Waals surface area contributed by atoms with Crippen LogP contribution in [0, 0.1) is 24.5 Å². The number of alkyl halides is 1. The molecule has 3 atom stereocenters. The Morgan fingerprint density at radius 3 is 0.991 bits per heavy atom. The minimum atomic E-state index is -3.99. The number of halogens is 3. The minimum absolute atomic E-state index is 0. The van der Waals surface area contributed by atoms with E-state index in [2.05, 4.69) is 56.2 Å². The summed E-state index contributed by atoms with van der Waals surface area (Å²) in [5.74, 6) is 1.59. The van der Waals surface area contributed by atoms with Gasteiger partial charge in [-0.05, 0) is 186 Å². The molecule has 0 aromatic heterocycles. The van der Waals surface area contributed by atoms with Crippen molar-refractivity contribution in [3.8, 4) is 29.1 Å². The lowest BCUT2D eigenvalue weighted by atomic mass is 10.1. The standard InChI is InChI=1S/C17H21O3P.C15H24NO5P.C12H19O2P.C8H16NO3P.C8H20NO3P.C6H12NO3P.C4H12NO3P.C3H9BrSi.C2H3N.CH3Cl.2CH4.ClH/c1-4-17(2,3)21(18,19-15-11-7-5-8-12-15)20-16-13-9-6-10-14-16;1-5-19-14(17)12(2)20-22(18,15(3,4)11-16)21-13-9-7-6-8-10-13;1-5-12(2,3)15(4,13)14-11-9-7-6-8-10-11;1-6-11-13(10,12-7-2)8(3,4)9-5;1-5-11-13(10,12-6-2)8(3,4)7-9;1-4-9-11(8,6-7-3)10-5-2;1-4(2,3-5)9(6,7)8;1-5(2,3)4;1-2-3;1-2;;;/h5-14H,4H2,1-3H3;6-10,12H,5,11,16H2,1-4H3;6-10H,5H2,1-4H3;6-7H2,1-4H3;5-7,9H2,1-4H3;4-6H2,1-2H3;3,5H2,1-2H3,(H2,6,7,8);1-3H3;1H3;1H3;2*1H4;1H/t;12-,22?;;;;;;;;;;;/m.0.........../s1. The summed E-state index contributed by atoms with van der Waals surface area (Å²) in [6.45, 7) is 63.4. The van der Waals surface area contributed by atoms with Crippen LogP contribution in [0.4, 0.5) is 0 Å². The molecule has 0 bridgehead atoms. The number of benzene rings is 4. The number of nitrogens with two attached hydrogens (primary N) is 3. The normalized spacial score (nSPS) is 12.7. The van der Waals surface area contributed by atoms with E-state index in [1.165, 1.54) is 34.1 Å². The number of esters is 1. The molecule has 39 heteroatoms. The second kappa shape index (κ2) is 65.1. The molecule has 4 aromatic rings. The van der Waals surface area contributed by atoms with Gasteiger partial charge in [0.05, 0.1) is 78.1 Å². The van der Waals surface area contributed by atoms with E-state index in [-0.39, 0.29) is 78.2 Å². The summed E-state index contributed by atoms with van der Waals surface area (Å²) in [7, 11) is -23.1. The molecule has 0 aliphatic rings. The molecule has 0 fully saturated rings. The van der Waals surface area contributed by atoms with E-state index in [0.717, 1.165) is 6.42 Å². The van der Waals surface area contributed by atoms with Gasteiger partial charge in [-0.3, -0.25) is 32.2 Å². The zero-order valence-electron chi connectivity index (χ0n) is 73.2. The van der Waals surface area contributed by atoms with Gasteiger partial charge >= 0.3 is 63.1 Å². The molecule has 4 aromatic carbocycles. The van der Waals surface area contributed by atoms with Gasteiger partial charge in [0.15, 0.2) is 6.10 Å². The van der Waals surface area contributed by atoms with E-state index in [0.29, 0.717) is 55.8 Å². The van der Waals surface area contributed by atoms with E-state index in [4.69, 9.17) is 99.9 Å². The number of hydrogen-bond acceptors (Lipinski definition) is 24. The molecule has 0 saturated heterocycles. The molecule has 28 nitrogen and oxygen atoms in total. The monoisotopic (exact) mass is 1910 g/mol. The molecule has 117 heavy (non-hydrogen) atoms. The maximum Gasteiger partial charge on any atom is 0.436 e. The van der Waals surface area contributed by atoms with Crippen molar-refractivity contribution in [2.75, 3.05) is 85.2 Å². The quantitative estimate of drug-likeness (QED) is 0.00705. The van der Waals surface area contributed by atoms with Crippen LogP contribution in [0.25, 0.3) is 9.69 Å². The highest BCUT2D eigenvalue weighted by Crippen LogP contribution is 2.63. The zero-order valence-corrected chi connectivity index (χ0v) is 83.7. The maximum atomic E-state index is 13.4. The van der Waals surface area contributed by atoms with E-state index in [1.54, 1.807) is 151 Å². The lowest BCUT2D eigenvalue weighted by Crippen LogP contribution is -2.36. The molecule has 682 valence electrons. The second-order valence-corrected chi connectivity index (χ2v) is 57.4. The average molecular weight is 1920 g/mol. The largest absolute Gasteiger partial charge is 0.464 e. The predicted molar refractivity (Wildman–Crippen MR) is 495 cm³/mol. The molecular weight excluding hydrogens is 1770 g/mol. The van der Waals surface area contributed by atoms with Gasteiger partial charge < -0.3 is 81.8 Å². The Kier molecular flexibility index (Phi) is 73.2. The molecule has 2 unspecified atom stereocenters. The van der Waals surface area contributed by atoms with Crippen molar-refractivity contribution in [3.63, 3.8) is 0 Å². The zero-order chi connectivity index (χ0) is 90.4. The fraction of sp³-hybridized carbons (Fsp3) is 0.641. The van der Waals surface area contributed by atoms with Crippen molar-refractivity contribution in [1.82, 2.24) is 0 Å². The summed E-state index contributed by atoms with van der Waals surface area (Å²) in [5, 5.41) is 2.72. The number of ether oxygens (including phenoxy) is 1. The number of para-hydroxylation sites is 4. The van der Waals surface area contributed by atoms with Gasteiger partial charge in [-0.2, -0.15) is 5.26 Å². The van der Waals surface area contributed by atoms with Crippen LogP contribution in [0.1, 0.15) is 187 Å². The molecule has 4 rings (SSSR count). The van der Waals surface area contributed by atoms with Crippen LogP contribution in [0.3, 0.4) is 0 Å². The molecule has 0 aliphatic heterocycles. The van der Waals surface area contributed by atoms with E-state index < -0.39 is 97.6 Å². The van der Waals surface area contributed by atoms with Crippen LogP contribution in [-0.2, 0) is 73.2 Å². The SMILES string of the molecule is C.C.CC#N.CC(C)(CN)P(=O)(O)O.CCC(C)(C)P(=O)(Oc1ccccc1)Oc1ccccc1.CCC(C)(C)P(C)(=O)Oc1ccccc1.CCOC(=O)[C@H](C)OP(=O)(Oc1ccccc1)C(C)(C)CN.CCOP(=O)(OCC)C(C)(C)CN.CCl.C[Si](C)(C)Br.Cl.[C-]#[N+]C(C)(C)P(=O)(OCC)OCC.[C-]#[N+]CP(=O)(OCC)OCC. The van der Waals surface area contributed by atoms with Crippen LogP contribution >= 0.6 is 92.2 Å². The number of rotatable bonds is 36. The third kappa shape index (κ3) is 53.3. The lowest BCUT2D eigenvalue weighted by molar-refractivity contribution is -0.150. The van der Waals surface area contributed by atoms with Crippen molar-refractivity contribution in [2.24, 2.45) is 17.2 Å². The Morgan fingerprint density at radius 2 is 0.761 bits per heavy atom. The van der Waals surface area contributed by atoms with Gasteiger partial charge in [-0.25, -0.2) is 27.1 Å². The second-order valence-electron chi connectivity index (χ2n) is 28.2. The van der Waals surface area contributed by atoms with Crippen molar-refractivity contribution >= 4 is 105 Å². The topological polar surface area (TPSA) is 398 Å². The first-order valence-corrected chi connectivity index (χ1v) is 55.0. The van der Waals surface area contributed by atoms with E-state index in [9.17, 15) is 36.7 Å². The fourth-order valence-electron chi connectivity index (χ4n) is 6.63. The van der Waals surface area contributed by atoms with Gasteiger partial charge in [0, 0.05) is 53.5 Å². The molecule has 8 N–H and O–H groups in total. The highest BCUT2D eigenvalue weighted by molar-refractivity contribution is 9.26. The van der Waals surface area contributed by atoms with Crippen LogP contribution in [-0.4, -0.2) is 145 Å². The molecule has 0 heterocycles. The van der Waals surface area contributed by atoms with Crippen LogP contribution < -0.4 is 35.3 Å². The Hall–Kier alpha value is -3.57. The third-order valence-electron chi connectivity index (χ3n) is 15.2. The summed E-state index contributed by atoms with van der Waals surface area (Å²) in [5.41, 5.74) is 16.3. The molecule has 0 amide bonds. The Labute approximate surface area is 725 Å². The van der Waals surface area contributed by atoms with Gasteiger partial charge in [0.2, 0.25) is 7.37 Å². The first-order chi connectivity index (χ1) is 52.4. The Morgan fingerprint density at radius 1 is 0.496 bits per heavy atom. The summed E-state index contributed by atoms with van der Waals surface area (Å²) in [6.07, 6.45) is 1.80. The highest BCUT2D eigenvalue weighted by atomic mass is 79.9. The summed E-state index contributed by atoms with van der Waals surface area (Å²) < 4.78 is 148. The van der Waals surface area contributed by atoms with Gasteiger partial charge in [-0.1, -0.05) is 121 Å². The van der Waals surface area contributed by atoms with Crippen LogP contribution in [0.5, 0.6) is 23.0 Å². The van der Waals surface area contributed by atoms with Crippen LogP contribution in [0.2, 0.25) is 19.6 Å². The van der Waals surface area contributed by atoms with Crippen molar-refractivity contribution in [1.29, 1.82) is 5.26 Å². The fourth-order valence-corrected chi connectivity index (χ4v) is 16.0. The van der Waals surface area contributed by atoms with E-state index >= 15 is 0 Å². The minimum Gasteiger partial charge on any atom is -0.464 e. The van der Waals surface area contributed by atoms with Gasteiger partial charge in [0.1, 0.15) is 29.7 Å². The van der Waals surface area contributed by atoms with Gasteiger partial charge in [-0.15, -0.1) is 39.3 Å². The lowest BCUT2D eigenvalue weighted by Gasteiger charge is -2.33. The molecule has 0 saturated carbocycles.